The summed E-state index contributed by atoms with van der Waals surface area (Å²) in [5, 5.41) is 9.95. The van der Waals surface area contributed by atoms with Crippen LogP contribution < -0.4 is 0 Å². The van der Waals surface area contributed by atoms with Gasteiger partial charge in [-0.25, -0.2) is 9.78 Å². The summed E-state index contributed by atoms with van der Waals surface area (Å²) >= 11 is 1.26. The Morgan fingerprint density at radius 3 is 2.95 bits per heavy atom. The highest BCUT2D eigenvalue weighted by atomic mass is 32.2. The molecule has 19 heavy (non-hydrogen) atoms. The number of nitrogens with one attached hydrogen (secondary N) is 1. The highest BCUT2D eigenvalue weighted by Gasteiger charge is 2.11. The van der Waals surface area contributed by atoms with Crippen LogP contribution in [0.4, 0.5) is 0 Å². The zero-order valence-electron chi connectivity index (χ0n) is 10.0. The van der Waals surface area contributed by atoms with Gasteiger partial charge in [-0.2, -0.15) is 0 Å². The number of H-pyrrole nitrogens is 1. The van der Waals surface area contributed by atoms with Crippen LogP contribution in [0.15, 0.2) is 45.0 Å². The molecular weight excluding hydrogens is 264 g/mol. The Bertz CT molecular complexity index is 760. The van der Waals surface area contributed by atoms with E-state index in [-0.39, 0.29) is 5.76 Å². The lowest BCUT2D eigenvalue weighted by atomic mass is 10.2. The van der Waals surface area contributed by atoms with Gasteiger partial charge in [-0.3, -0.25) is 0 Å². The summed E-state index contributed by atoms with van der Waals surface area (Å²) in [6, 6.07) is 8.99. The van der Waals surface area contributed by atoms with Gasteiger partial charge >= 0.3 is 5.97 Å². The number of fused-ring (bicyclic) bond motifs is 1. The maximum absolute atomic E-state index is 10.7. The Morgan fingerprint density at radius 1 is 1.37 bits per heavy atom. The number of furan rings is 1. The Morgan fingerprint density at radius 2 is 2.21 bits per heavy atom. The van der Waals surface area contributed by atoms with E-state index >= 15 is 0 Å². The highest BCUT2D eigenvalue weighted by molar-refractivity contribution is 7.99. The van der Waals surface area contributed by atoms with Gasteiger partial charge in [-0.1, -0.05) is 6.07 Å². The van der Waals surface area contributed by atoms with Crippen LogP contribution in [0.3, 0.4) is 0 Å². The predicted molar refractivity (Wildman–Crippen MR) is 70.6 cm³/mol. The van der Waals surface area contributed by atoms with Crippen molar-refractivity contribution in [2.24, 2.45) is 0 Å². The van der Waals surface area contributed by atoms with Crippen LogP contribution in [-0.4, -0.2) is 21.0 Å². The Kier molecular flexibility index (Phi) is 2.79. The monoisotopic (exact) mass is 274 g/mol. The normalized spacial score (nSPS) is 11.0. The van der Waals surface area contributed by atoms with Crippen molar-refractivity contribution in [1.82, 2.24) is 9.97 Å². The minimum Gasteiger partial charge on any atom is -0.475 e. The first-order chi connectivity index (χ1) is 9.11. The zero-order valence-corrected chi connectivity index (χ0v) is 10.8. The summed E-state index contributed by atoms with van der Waals surface area (Å²) < 4.78 is 5.17. The lowest BCUT2D eigenvalue weighted by molar-refractivity contribution is 0.0656. The second-order valence-electron chi connectivity index (χ2n) is 4.09. The molecule has 0 saturated carbocycles. The van der Waals surface area contributed by atoms with E-state index in [1.54, 1.807) is 6.07 Å². The largest absolute Gasteiger partial charge is 0.475 e. The van der Waals surface area contributed by atoms with Gasteiger partial charge in [0.05, 0.1) is 11.0 Å². The van der Waals surface area contributed by atoms with Gasteiger partial charge in [0.2, 0.25) is 5.76 Å². The number of carboxylic acids is 1. The third-order valence-corrected chi connectivity index (χ3v) is 3.41. The molecule has 2 heterocycles. The van der Waals surface area contributed by atoms with E-state index in [4.69, 9.17) is 9.52 Å². The number of imidazole rings is 1. The van der Waals surface area contributed by atoms with Gasteiger partial charge in [0.1, 0.15) is 0 Å². The van der Waals surface area contributed by atoms with Crippen molar-refractivity contribution >= 4 is 28.8 Å². The lowest BCUT2D eigenvalue weighted by Crippen LogP contribution is -1.91. The van der Waals surface area contributed by atoms with Crippen molar-refractivity contribution in [2.45, 2.75) is 17.2 Å². The molecule has 5 nitrogen and oxygen atoms in total. The van der Waals surface area contributed by atoms with Crippen molar-refractivity contribution in [1.29, 1.82) is 0 Å². The fourth-order valence-electron chi connectivity index (χ4n) is 1.73. The average Bonchev–Trinajstić information content (AvgIpc) is 2.95. The molecule has 6 heteroatoms. The minimum atomic E-state index is -1.08. The third-order valence-electron chi connectivity index (χ3n) is 2.61. The number of aromatic nitrogens is 2. The van der Waals surface area contributed by atoms with Crippen LogP contribution in [-0.2, 0) is 0 Å². The van der Waals surface area contributed by atoms with E-state index in [1.807, 2.05) is 25.1 Å². The van der Waals surface area contributed by atoms with Crippen LogP contribution in [0, 0.1) is 6.92 Å². The molecule has 0 amide bonds. The van der Waals surface area contributed by atoms with E-state index in [0.29, 0.717) is 10.2 Å². The smallest absolute Gasteiger partial charge is 0.371 e. The van der Waals surface area contributed by atoms with Gasteiger partial charge in [0, 0.05) is 0 Å². The van der Waals surface area contributed by atoms with Gasteiger partial charge in [-0.05, 0) is 48.5 Å². The molecule has 3 aromatic rings. The first-order valence-corrected chi connectivity index (χ1v) is 6.41. The predicted octanol–water partition coefficient (Wildman–Crippen LogP) is 3.31. The van der Waals surface area contributed by atoms with Crippen molar-refractivity contribution < 1.29 is 14.3 Å². The molecule has 0 fully saturated rings. The Labute approximate surface area is 112 Å². The topological polar surface area (TPSA) is 79.1 Å². The Balaban J connectivity index is 1.89. The Hall–Kier alpha value is -2.21. The molecule has 1 aromatic carbocycles. The number of carbonyl (C=O) groups is 1. The number of aromatic carboxylic acids is 1. The molecule has 0 aliphatic heterocycles. The number of hydrogen-bond acceptors (Lipinski definition) is 4. The highest BCUT2D eigenvalue weighted by Crippen LogP contribution is 2.29. The van der Waals surface area contributed by atoms with Crippen molar-refractivity contribution in [3.63, 3.8) is 0 Å². The number of hydrogen-bond donors (Lipinski definition) is 2. The molecule has 2 N–H and O–H groups in total. The van der Waals surface area contributed by atoms with Gasteiger partial charge in [-0.15, -0.1) is 0 Å². The molecule has 3 rings (SSSR count). The summed E-state index contributed by atoms with van der Waals surface area (Å²) in [6.07, 6.45) is 0. The second-order valence-corrected chi connectivity index (χ2v) is 5.08. The van der Waals surface area contributed by atoms with E-state index in [0.717, 1.165) is 16.6 Å². The second kappa shape index (κ2) is 4.47. The first kappa shape index (κ1) is 11.9. The van der Waals surface area contributed by atoms with E-state index < -0.39 is 5.97 Å². The van der Waals surface area contributed by atoms with Crippen LogP contribution in [0.2, 0.25) is 0 Å². The van der Waals surface area contributed by atoms with Crippen LogP contribution in [0.5, 0.6) is 0 Å². The molecule has 0 saturated heterocycles. The molecule has 2 aromatic heterocycles. The van der Waals surface area contributed by atoms with Crippen molar-refractivity contribution in [2.75, 3.05) is 0 Å². The fraction of sp³-hybridized carbons (Fsp3) is 0.0769. The molecule has 0 aliphatic carbocycles. The molecule has 0 radical (unpaired) electrons. The maximum Gasteiger partial charge on any atom is 0.371 e. The van der Waals surface area contributed by atoms with E-state index in [9.17, 15) is 4.79 Å². The summed E-state index contributed by atoms with van der Waals surface area (Å²) in [7, 11) is 0. The fourth-order valence-corrected chi connectivity index (χ4v) is 2.50. The molecule has 0 aliphatic rings. The number of carboxylic acid groups (broad SMARTS) is 1. The average molecular weight is 274 g/mol. The van der Waals surface area contributed by atoms with Gasteiger partial charge in [0.25, 0.3) is 0 Å². The standard InChI is InChI=1S/C13H10N2O3S/c1-7-2-3-8-9(6-7)15-13(14-8)19-11-5-4-10(18-11)12(16)17/h2-6H,1H3,(H,14,15)(H,16,17). The van der Waals surface area contributed by atoms with Crippen molar-refractivity contribution in [3.8, 4) is 0 Å². The lowest BCUT2D eigenvalue weighted by Gasteiger charge is -1.91. The number of nitrogens with zero attached hydrogens (tertiary/aromatic N) is 1. The van der Waals surface area contributed by atoms with Gasteiger partial charge < -0.3 is 14.5 Å². The third kappa shape index (κ3) is 2.34. The minimum absolute atomic E-state index is 0.0746. The van der Waals surface area contributed by atoms with Crippen LogP contribution in [0.1, 0.15) is 16.1 Å². The van der Waals surface area contributed by atoms with Crippen LogP contribution >= 0.6 is 11.8 Å². The number of aryl methyl sites for hydroxylation is 1. The molecule has 0 spiro atoms. The quantitative estimate of drug-likeness (QED) is 0.766. The summed E-state index contributed by atoms with van der Waals surface area (Å²) in [4.78, 5) is 18.3. The molecule has 0 bridgehead atoms. The molecule has 0 atom stereocenters. The first-order valence-electron chi connectivity index (χ1n) is 5.59. The summed E-state index contributed by atoms with van der Waals surface area (Å²) in [5.41, 5.74) is 2.98. The summed E-state index contributed by atoms with van der Waals surface area (Å²) in [6.45, 7) is 2.01. The molecular formula is C13H10N2O3S. The van der Waals surface area contributed by atoms with Gasteiger partial charge in [0.15, 0.2) is 10.2 Å². The van der Waals surface area contributed by atoms with Crippen molar-refractivity contribution in [3.05, 3.63) is 41.7 Å². The van der Waals surface area contributed by atoms with Crippen LogP contribution in [0.25, 0.3) is 11.0 Å². The summed E-state index contributed by atoms with van der Waals surface area (Å²) in [5.74, 6) is -1.15. The molecule has 0 unspecified atom stereocenters. The van der Waals surface area contributed by atoms with E-state index in [1.165, 1.54) is 17.8 Å². The number of aromatic amines is 1. The maximum atomic E-state index is 10.7. The van der Waals surface area contributed by atoms with E-state index in [2.05, 4.69) is 9.97 Å². The number of benzene rings is 1. The zero-order chi connectivity index (χ0) is 13.4. The SMILES string of the molecule is Cc1ccc2nc(Sc3ccc(C(=O)O)o3)[nH]c2c1. The molecule has 96 valence electrons. The number of rotatable bonds is 3.